The van der Waals surface area contributed by atoms with Gasteiger partial charge in [-0.2, -0.15) is 13.2 Å². The van der Waals surface area contributed by atoms with Crippen molar-refractivity contribution in [2.45, 2.75) is 19.0 Å². The summed E-state index contributed by atoms with van der Waals surface area (Å²) in [6.45, 7) is 1.92. The minimum atomic E-state index is -4.50. The molecule has 1 aromatic carbocycles. The van der Waals surface area contributed by atoms with Crippen LogP contribution in [0.3, 0.4) is 0 Å². The Morgan fingerprint density at radius 2 is 1.84 bits per heavy atom. The number of halogens is 3. The molecule has 162 valence electrons. The second kappa shape index (κ2) is 8.79. The molecule has 2 N–H and O–H groups in total. The van der Waals surface area contributed by atoms with Crippen molar-refractivity contribution in [1.82, 2.24) is 15.3 Å². The highest BCUT2D eigenvalue weighted by atomic mass is 19.4. The second-order valence-corrected chi connectivity index (χ2v) is 7.33. The van der Waals surface area contributed by atoms with E-state index < -0.39 is 11.7 Å². The molecule has 3 heterocycles. The highest BCUT2D eigenvalue weighted by molar-refractivity contribution is 6.02. The molecule has 31 heavy (non-hydrogen) atoms. The lowest BCUT2D eigenvalue weighted by Crippen LogP contribution is -2.31. The van der Waals surface area contributed by atoms with Crippen LogP contribution in [0.2, 0.25) is 0 Å². The van der Waals surface area contributed by atoms with Gasteiger partial charge in [0.25, 0.3) is 5.91 Å². The molecule has 1 aliphatic heterocycles. The molecule has 1 aliphatic rings. The molecule has 4 rings (SSSR count). The topological polar surface area (TPSA) is 70.1 Å². The monoisotopic (exact) mass is 429 g/mol. The molecule has 0 spiro atoms. The van der Waals surface area contributed by atoms with E-state index >= 15 is 0 Å². The fourth-order valence-electron chi connectivity index (χ4n) is 3.67. The summed E-state index contributed by atoms with van der Waals surface area (Å²) in [5, 5.41) is 6.29. The van der Waals surface area contributed by atoms with E-state index in [9.17, 15) is 18.0 Å². The summed E-state index contributed by atoms with van der Waals surface area (Å²) in [6, 6.07) is 11.6. The smallest absolute Gasteiger partial charge is 0.368 e. The van der Waals surface area contributed by atoms with E-state index in [-0.39, 0.29) is 24.8 Å². The highest BCUT2D eigenvalue weighted by Gasteiger charge is 2.34. The summed E-state index contributed by atoms with van der Waals surface area (Å²) in [5.74, 6) is 0.0825. The van der Waals surface area contributed by atoms with Gasteiger partial charge in [0.1, 0.15) is 11.6 Å². The number of alkyl halides is 3. The maximum atomic E-state index is 13.1. The SMILES string of the molecule is O=C(NCCNc1ncccc1C(F)(F)F)c1cc2ccccc2nc1N1CCCC1. The van der Waals surface area contributed by atoms with Gasteiger partial charge in [0.15, 0.2) is 0 Å². The standard InChI is InChI=1S/C22H22F3N5O/c23-22(24,25)17-7-5-9-26-19(17)27-10-11-28-21(31)16-14-15-6-1-2-8-18(15)29-20(16)30-12-3-4-13-30/h1-2,5-9,14H,3-4,10-13H2,(H,26,27)(H,28,31). The van der Waals surface area contributed by atoms with E-state index in [0.717, 1.165) is 42.9 Å². The molecule has 1 fully saturated rings. The van der Waals surface area contributed by atoms with E-state index in [1.807, 2.05) is 30.3 Å². The predicted octanol–water partition coefficient (Wildman–Crippen LogP) is 4.09. The van der Waals surface area contributed by atoms with Crippen LogP contribution in [-0.2, 0) is 6.18 Å². The van der Waals surface area contributed by atoms with Crippen molar-refractivity contribution in [3.8, 4) is 0 Å². The van der Waals surface area contributed by atoms with Gasteiger partial charge in [-0.05, 0) is 37.1 Å². The van der Waals surface area contributed by atoms with Gasteiger partial charge >= 0.3 is 6.18 Å². The maximum absolute atomic E-state index is 13.1. The summed E-state index contributed by atoms with van der Waals surface area (Å²) < 4.78 is 39.2. The molecule has 1 saturated heterocycles. The number of pyridine rings is 2. The first-order chi connectivity index (χ1) is 14.9. The number of aromatic nitrogens is 2. The molecule has 0 atom stereocenters. The van der Waals surface area contributed by atoms with Crippen LogP contribution in [0.1, 0.15) is 28.8 Å². The number of carbonyl (C=O) groups excluding carboxylic acids is 1. The molecular formula is C22H22F3N5O. The third-order valence-corrected chi connectivity index (χ3v) is 5.17. The molecule has 0 bridgehead atoms. The molecule has 0 radical (unpaired) electrons. The zero-order valence-electron chi connectivity index (χ0n) is 16.7. The predicted molar refractivity (Wildman–Crippen MR) is 113 cm³/mol. The van der Waals surface area contributed by atoms with Gasteiger partial charge in [-0.25, -0.2) is 9.97 Å². The zero-order valence-corrected chi connectivity index (χ0v) is 16.7. The number of amides is 1. The number of rotatable bonds is 6. The van der Waals surface area contributed by atoms with E-state index in [4.69, 9.17) is 4.98 Å². The molecule has 0 aliphatic carbocycles. The normalized spacial score (nSPS) is 14.1. The van der Waals surface area contributed by atoms with Crippen LogP contribution in [-0.4, -0.2) is 42.1 Å². The van der Waals surface area contributed by atoms with Gasteiger partial charge < -0.3 is 15.5 Å². The van der Waals surface area contributed by atoms with E-state index in [1.165, 1.54) is 12.3 Å². The van der Waals surface area contributed by atoms with E-state index in [2.05, 4.69) is 20.5 Å². The van der Waals surface area contributed by atoms with Crippen molar-refractivity contribution in [3.05, 3.63) is 59.8 Å². The second-order valence-electron chi connectivity index (χ2n) is 7.33. The molecule has 3 aromatic rings. The van der Waals surface area contributed by atoms with Crippen molar-refractivity contribution >= 4 is 28.4 Å². The van der Waals surface area contributed by atoms with Crippen LogP contribution in [0.15, 0.2) is 48.7 Å². The molecule has 2 aromatic heterocycles. The van der Waals surface area contributed by atoms with Gasteiger partial charge in [0.05, 0.1) is 16.6 Å². The average molecular weight is 429 g/mol. The summed E-state index contributed by atoms with van der Waals surface area (Å²) in [6.07, 6.45) is -1.11. The first-order valence-corrected chi connectivity index (χ1v) is 10.1. The number of hydrogen-bond donors (Lipinski definition) is 2. The summed E-state index contributed by atoms with van der Waals surface area (Å²) in [4.78, 5) is 23.5. The third-order valence-electron chi connectivity index (χ3n) is 5.17. The van der Waals surface area contributed by atoms with Crippen molar-refractivity contribution in [2.24, 2.45) is 0 Å². The van der Waals surface area contributed by atoms with Crippen LogP contribution in [0.25, 0.3) is 10.9 Å². The Balaban J connectivity index is 1.46. The lowest BCUT2D eigenvalue weighted by atomic mass is 10.1. The minimum absolute atomic E-state index is 0.103. The molecule has 9 heteroatoms. The number of para-hydroxylation sites is 1. The molecule has 0 saturated carbocycles. The Labute approximate surface area is 177 Å². The number of anilines is 2. The van der Waals surface area contributed by atoms with Crippen LogP contribution in [0.5, 0.6) is 0 Å². The first-order valence-electron chi connectivity index (χ1n) is 10.1. The Morgan fingerprint density at radius 1 is 1.06 bits per heavy atom. The van der Waals surface area contributed by atoms with E-state index in [1.54, 1.807) is 0 Å². The summed E-state index contributed by atoms with van der Waals surface area (Å²) in [5.41, 5.74) is 0.447. The van der Waals surface area contributed by atoms with Gasteiger partial charge in [-0.15, -0.1) is 0 Å². The zero-order chi connectivity index (χ0) is 21.8. The number of nitrogens with one attached hydrogen (secondary N) is 2. The minimum Gasteiger partial charge on any atom is -0.368 e. The van der Waals surface area contributed by atoms with Crippen LogP contribution >= 0.6 is 0 Å². The van der Waals surface area contributed by atoms with Gasteiger partial charge in [0.2, 0.25) is 0 Å². The average Bonchev–Trinajstić information content (AvgIpc) is 3.30. The molecule has 1 amide bonds. The lowest BCUT2D eigenvalue weighted by molar-refractivity contribution is -0.137. The third kappa shape index (κ3) is 4.70. The molecular weight excluding hydrogens is 407 g/mol. The maximum Gasteiger partial charge on any atom is 0.419 e. The van der Waals surface area contributed by atoms with Crippen molar-refractivity contribution < 1.29 is 18.0 Å². The Hall–Kier alpha value is -3.36. The fraction of sp³-hybridized carbons (Fsp3) is 0.318. The Morgan fingerprint density at radius 3 is 2.61 bits per heavy atom. The number of fused-ring (bicyclic) bond motifs is 1. The number of benzene rings is 1. The Bertz CT molecular complexity index is 1080. The molecule has 0 unspecified atom stereocenters. The van der Waals surface area contributed by atoms with Gasteiger partial charge in [-0.3, -0.25) is 4.79 Å². The largest absolute Gasteiger partial charge is 0.419 e. The van der Waals surface area contributed by atoms with Crippen LogP contribution in [0.4, 0.5) is 24.8 Å². The number of hydrogen-bond acceptors (Lipinski definition) is 5. The lowest BCUT2D eigenvalue weighted by Gasteiger charge is -2.20. The summed E-state index contributed by atoms with van der Waals surface area (Å²) >= 11 is 0. The van der Waals surface area contributed by atoms with Crippen molar-refractivity contribution in [3.63, 3.8) is 0 Å². The number of carbonyl (C=O) groups is 1. The van der Waals surface area contributed by atoms with Crippen molar-refractivity contribution in [1.29, 1.82) is 0 Å². The van der Waals surface area contributed by atoms with Gasteiger partial charge in [-0.1, -0.05) is 18.2 Å². The van der Waals surface area contributed by atoms with Crippen molar-refractivity contribution in [2.75, 3.05) is 36.4 Å². The first kappa shape index (κ1) is 20.9. The molecule has 6 nitrogen and oxygen atoms in total. The van der Waals surface area contributed by atoms with E-state index in [0.29, 0.717) is 11.4 Å². The van der Waals surface area contributed by atoms with Crippen LogP contribution in [0, 0.1) is 0 Å². The number of nitrogens with zero attached hydrogens (tertiary/aromatic N) is 3. The van der Waals surface area contributed by atoms with Gasteiger partial charge in [0, 0.05) is 37.8 Å². The Kier molecular flexibility index (Phi) is 5.92. The highest BCUT2D eigenvalue weighted by Crippen LogP contribution is 2.33. The van der Waals surface area contributed by atoms with Crippen LogP contribution < -0.4 is 15.5 Å². The fourth-order valence-corrected chi connectivity index (χ4v) is 3.67. The summed E-state index contributed by atoms with van der Waals surface area (Å²) in [7, 11) is 0. The quantitative estimate of drug-likeness (QED) is 0.578.